The van der Waals surface area contributed by atoms with Gasteiger partial charge in [-0.3, -0.25) is 4.79 Å². The number of hydrogen-bond acceptors (Lipinski definition) is 3. The van der Waals surface area contributed by atoms with Crippen LogP contribution < -0.4 is 5.56 Å². The molecule has 0 atom stereocenters. The van der Waals surface area contributed by atoms with E-state index in [9.17, 15) is 4.79 Å². The van der Waals surface area contributed by atoms with Crippen molar-refractivity contribution in [2.24, 2.45) is 0 Å². The van der Waals surface area contributed by atoms with Crippen molar-refractivity contribution in [2.75, 3.05) is 0 Å². The second-order valence-electron chi connectivity index (χ2n) is 6.04. The van der Waals surface area contributed by atoms with Gasteiger partial charge in [-0.05, 0) is 25.0 Å². The van der Waals surface area contributed by atoms with Gasteiger partial charge in [0.05, 0.1) is 11.3 Å². The zero-order chi connectivity index (χ0) is 17.4. The first-order valence-corrected chi connectivity index (χ1v) is 8.17. The van der Waals surface area contributed by atoms with Crippen molar-refractivity contribution in [2.45, 2.75) is 13.8 Å². The van der Waals surface area contributed by atoms with Crippen LogP contribution in [0.15, 0.2) is 65.5 Å². The van der Waals surface area contributed by atoms with E-state index in [-0.39, 0.29) is 5.56 Å². The average Bonchev–Trinajstić information content (AvgIpc) is 2.62. The third kappa shape index (κ3) is 2.62. The Morgan fingerprint density at radius 2 is 1.40 bits per heavy atom. The predicted octanol–water partition coefficient (Wildman–Crippen LogP) is 4.27. The normalized spacial score (nSPS) is 11.0. The minimum Gasteiger partial charge on any atom is -0.306 e. The van der Waals surface area contributed by atoms with E-state index in [2.05, 4.69) is 15.0 Å². The topological polar surface area (TPSA) is 58.6 Å². The fourth-order valence-corrected chi connectivity index (χ4v) is 3.25. The highest BCUT2D eigenvalue weighted by molar-refractivity contribution is 5.88. The van der Waals surface area contributed by atoms with Crippen molar-refractivity contribution in [1.29, 1.82) is 0 Å². The Kier molecular flexibility index (Phi) is 3.65. The van der Waals surface area contributed by atoms with Gasteiger partial charge in [0.2, 0.25) is 0 Å². The fraction of sp³-hybridized carbons (Fsp3) is 0.0952. The van der Waals surface area contributed by atoms with Crippen LogP contribution in [0.5, 0.6) is 0 Å². The van der Waals surface area contributed by atoms with Crippen molar-refractivity contribution >= 4 is 11.0 Å². The number of aromatic amines is 1. The van der Waals surface area contributed by atoms with Crippen LogP contribution >= 0.6 is 0 Å². The standard InChI is InChI=1S/C21H17N3O/c1-13-17-14(2)22-19(16-11-7-4-8-12-16)23-20(17)24-21(25)18(13)15-9-5-3-6-10-15/h3-12H,1-2H3,(H,22,23,24,25). The number of pyridine rings is 1. The molecule has 0 amide bonds. The molecule has 25 heavy (non-hydrogen) atoms. The Morgan fingerprint density at radius 3 is 2.04 bits per heavy atom. The molecule has 0 unspecified atom stereocenters. The van der Waals surface area contributed by atoms with E-state index < -0.39 is 0 Å². The van der Waals surface area contributed by atoms with Gasteiger partial charge in [-0.1, -0.05) is 60.7 Å². The SMILES string of the molecule is Cc1nc(-c2ccccc2)nc2[nH]c(=O)c(-c3ccccc3)c(C)c12. The first-order valence-electron chi connectivity index (χ1n) is 8.17. The summed E-state index contributed by atoms with van der Waals surface area (Å²) in [7, 11) is 0. The molecule has 0 aliphatic carbocycles. The minimum atomic E-state index is -0.131. The molecule has 4 aromatic rings. The average molecular weight is 327 g/mol. The number of nitrogens with zero attached hydrogens (tertiary/aromatic N) is 2. The van der Waals surface area contributed by atoms with Crippen molar-refractivity contribution in [1.82, 2.24) is 15.0 Å². The van der Waals surface area contributed by atoms with Gasteiger partial charge in [-0.2, -0.15) is 0 Å². The van der Waals surface area contributed by atoms with E-state index in [0.29, 0.717) is 17.0 Å². The fourth-order valence-electron chi connectivity index (χ4n) is 3.25. The summed E-state index contributed by atoms with van der Waals surface area (Å²) in [6.07, 6.45) is 0. The Balaban J connectivity index is 2.01. The second-order valence-corrected chi connectivity index (χ2v) is 6.04. The number of rotatable bonds is 2. The summed E-state index contributed by atoms with van der Waals surface area (Å²) in [5.74, 6) is 0.619. The van der Waals surface area contributed by atoms with Crippen LogP contribution in [0.4, 0.5) is 0 Å². The molecule has 4 rings (SSSR count). The minimum absolute atomic E-state index is 0.131. The van der Waals surface area contributed by atoms with E-state index in [0.717, 1.165) is 27.8 Å². The molecular formula is C21H17N3O. The highest BCUT2D eigenvalue weighted by Gasteiger charge is 2.15. The smallest absolute Gasteiger partial charge is 0.257 e. The van der Waals surface area contributed by atoms with Crippen LogP contribution in [0.25, 0.3) is 33.5 Å². The molecule has 0 bridgehead atoms. The number of aryl methyl sites for hydroxylation is 2. The number of nitrogens with one attached hydrogen (secondary N) is 1. The number of benzene rings is 2. The maximum absolute atomic E-state index is 12.7. The molecule has 0 aliphatic rings. The van der Waals surface area contributed by atoms with Crippen LogP contribution in [0.3, 0.4) is 0 Å². The van der Waals surface area contributed by atoms with Crippen LogP contribution in [0.1, 0.15) is 11.3 Å². The molecule has 0 spiro atoms. The zero-order valence-corrected chi connectivity index (χ0v) is 14.1. The number of fused-ring (bicyclic) bond motifs is 1. The maximum atomic E-state index is 12.7. The van der Waals surface area contributed by atoms with Gasteiger partial charge < -0.3 is 4.98 Å². The molecule has 1 N–H and O–H groups in total. The van der Waals surface area contributed by atoms with Crippen LogP contribution in [-0.4, -0.2) is 15.0 Å². The molecular weight excluding hydrogens is 310 g/mol. The van der Waals surface area contributed by atoms with E-state index in [1.165, 1.54) is 0 Å². The second kappa shape index (κ2) is 5.98. The van der Waals surface area contributed by atoms with Gasteiger partial charge in [0, 0.05) is 10.9 Å². The van der Waals surface area contributed by atoms with Crippen molar-refractivity contribution < 1.29 is 0 Å². The predicted molar refractivity (Wildman–Crippen MR) is 101 cm³/mol. The largest absolute Gasteiger partial charge is 0.306 e. The third-order valence-corrected chi connectivity index (χ3v) is 4.39. The lowest BCUT2D eigenvalue weighted by Crippen LogP contribution is -2.13. The first-order chi connectivity index (χ1) is 12.1. The van der Waals surface area contributed by atoms with E-state index in [4.69, 9.17) is 0 Å². The van der Waals surface area contributed by atoms with Crippen LogP contribution in [-0.2, 0) is 0 Å². The molecule has 2 aromatic heterocycles. The summed E-state index contributed by atoms with van der Waals surface area (Å²) in [5.41, 5.74) is 4.71. The molecule has 4 heteroatoms. The van der Waals surface area contributed by atoms with E-state index >= 15 is 0 Å². The van der Waals surface area contributed by atoms with Gasteiger partial charge in [0.25, 0.3) is 5.56 Å². The van der Waals surface area contributed by atoms with Gasteiger partial charge in [-0.25, -0.2) is 9.97 Å². The summed E-state index contributed by atoms with van der Waals surface area (Å²) in [6.45, 7) is 3.91. The summed E-state index contributed by atoms with van der Waals surface area (Å²) in [6, 6.07) is 19.5. The Hall–Kier alpha value is -3.27. The number of hydrogen-bond donors (Lipinski definition) is 1. The summed E-state index contributed by atoms with van der Waals surface area (Å²) < 4.78 is 0. The quantitative estimate of drug-likeness (QED) is 0.598. The maximum Gasteiger partial charge on any atom is 0.257 e. The Bertz CT molecular complexity index is 1120. The molecule has 0 saturated carbocycles. The first kappa shape index (κ1) is 15.3. The summed E-state index contributed by atoms with van der Waals surface area (Å²) >= 11 is 0. The van der Waals surface area contributed by atoms with Crippen LogP contribution in [0.2, 0.25) is 0 Å². The Labute approximate surface area is 145 Å². The van der Waals surface area contributed by atoms with Gasteiger partial charge in [0.1, 0.15) is 5.65 Å². The lowest BCUT2D eigenvalue weighted by molar-refractivity contribution is 1.11. The van der Waals surface area contributed by atoms with E-state index in [1.54, 1.807) is 0 Å². The molecule has 0 radical (unpaired) electrons. The molecule has 0 saturated heterocycles. The van der Waals surface area contributed by atoms with Crippen molar-refractivity contribution in [3.05, 3.63) is 82.3 Å². The van der Waals surface area contributed by atoms with Crippen molar-refractivity contribution in [3.63, 3.8) is 0 Å². The number of aromatic nitrogens is 3. The monoisotopic (exact) mass is 327 g/mol. The molecule has 0 fully saturated rings. The van der Waals surface area contributed by atoms with Gasteiger partial charge >= 0.3 is 0 Å². The molecule has 0 aliphatic heterocycles. The van der Waals surface area contributed by atoms with Gasteiger partial charge in [0.15, 0.2) is 5.82 Å². The lowest BCUT2D eigenvalue weighted by atomic mass is 9.99. The van der Waals surface area contributed by atoms with Gasteiger partial charge in [-0.15, -0.1) is 0 Å². The molecule has 2 heterocycles. The molecule has 2 aromatic carbocycles. The van der Waals surface area contributed by atoms with E-state index in [1.807, 2.05) is 74.5 Å². The summed E-state index contributed by atoms with van der Waals surface area (Å²) in [4.78, 5) is 24.9. The number of H-pyrrole nitrogens is 1. The highest BCUT2D eigenvalue weighted by Crippen LogP contribution is 2.27. The molecule has 4 nitrogen and oxygen atoms in total. The lowest BCUT2D eigenvalue weighted by Gasteiger charge is -2.11. The van der Waals surface area contributed by atoms with Crippen molar-refractivity contribution in [3.8, 4) is 22.5 Å². The Morgan fingerprint density at radius 1 is 0.800 bits per heavy atom. The zero-order valence-electron chi connectivity index (χ0n) is 14.1. The molecule has 122 valence electrons. The highest BCUT2D eigenvalue weighted by atomic mass is 16.1. The van der Waals surface area contributed by atoms with Crippen LogP contribution in [0, 0.1) is 13.8 Å². The summed E-state index contributed by atoms with van der Waals surface area (Å²) in [5, 5.41) is 0.901. The third-order valence-electron chi connectivity index (χ3n) is 4.39.